The van der Waals surface area contributed by atoms with Crippen LogP contribution in [0.4, 0.5) is 11.4 Å². The van der Waals surface area contributed by atoms with Gasteiger partial charge in [0.25, 0.3) is 11.6 Å². The van der Waals surface area contributed by atoms with Crippen molar-refractivity contribution in [2.75, 3.05) is 18.5 Å². The maximum absolute atomic E-state index is 11.3. The second-order valence-electron chi connectivity index (χ2n) is 5.15. The Hall–Kier alpha value is -2.48. The van der Waals surface area contributed by atoms with Gasteiger partial charge in [0.2, 0.25) is 0 Å². The smallest absolute Gasteiger partial charge is 0.293 e. The zero-order chi connectivity index (χ0) is 15.5. The molecule has 0 saturated carbocycles. The quantitative estimate of drug-likeness (QED) is 0.668. The molecule has 0 bridgehead atoms. The minimum atomic E-state index is -0.426. The van der Waals surface area contributed by atoms with Crippen molar-refractivity contribution in [3.63, 3.8) is 0 Å². The summed E-state index contributed by atoms with van der Waals surface area (Å²) in [5.41, 5.74) is 0.960. The van der Waals surface area contributed by atoms with Crippen LogP contribution in [0.1, 0.15) is 18.7 Å². The fraction of sp³-hybridized carbons (Fsp3) is 0.429. The van der Waals surface area contributed by atoms with E-state index in [1.54, 1.807) is 19.1 Å². The first-order chi connectivity index (χ1) is 10.6. The van der Waals surface area contributed by atoms with Gasteiger partial charge in [0.1, 0.15) is 5.69 Å². The minimum absolute atomic E-state index is 0.0219. The van der Waals surface area contributed by atoms with Gasteiger partial charge in [-0.15, -0.1) is 0 Å². The van der Waals surface area contributed by atoms with E-state index in [0.717, 1.165) is 19.4 Å². The van der Waals surface area contributed by atoms with E-state index in [1.165, 1.54) is 6.07 Å². The van der Waals surface area contributed by atoms with E-state index in [0.29, 0.717) is 23.6 Å². The van der Waals surface area contributed by atoms with E-state index in [1.807, 2.05) is 0 Å². The molecule has 1 aliphatic heterocycles. The Labute approximate surface area is 126 Å². The highest BCUT2D eigenvalue weighted by atomic mass is 16.6. The molecule has 1 aromatic heterocycles. The Morgan fingerprint density at radius 1 is 1.50 bits per heavy atom. The van der Waals surface area contributed by atoms with E-state index < -0.39 is 4.92 Å². The van der Waals surface area contributed by atoms with Crippen LogP contribution in [-0.2, 0) is 4.74 Å². The number of rotatable bonds is 5. The molecule has 1 unspecified atom stereocenters. The summed E-state index contributed by atoms with van der Waals surface area (Å²) in [7, 11) is 0. The second kappa shape index (κ2) is 6.10. The van der Waals surface area contributed by atoms with Crippen molar-refractivity contribution in [1.82, 2.24) is 10.1 Å². The number of benzene rings is 1. The predicted octanol–water partition coefficient (Wildman–Crippen LogP) is 2.54. The SMILES string of the molecule is Cc1noc(-c2ccc(NCC3CCCO3)c([N+](=O)[O-])c2)n1. The zero-order valence-electron chi connectivity index (χ0n) is 12.1. The van der Waals surface area contributed by atoms with Crippen LogP contribution in [-0.4, -0.2) is 34.3 Å². The van der Waals surface area contributed by atoms with Gasteiger partial charge < -0.3 is 14.6 Å². The molecular weight excluding hydrogens is 288 g/mol. The molecule has 0 radical (unpaired) electrons. The molecule has 3 rings (SSSR count). The van der Waals surface area contributed by atoms with Crippen molar-refractivity contribution in [2.45, 2.75) is 25.9 Å². The zero-order valence-corrected chi connectivity index (χ0v) is 12.1. The first-order valence-corrected chi connectivity index (χ1v) is 7.08. The maximum atomic E-state index is 11.3. The standard InChI is InChI=1S/C14H16N4O4/c1-9-16-14(22-17-9)10-4-5-12(13(7-10)18(19)20)15-8-11-3-2-6-21-11/h4-5,7,11,15H,2-3,6,8H2,1H3. The summed E-state index contributed by atoms with van der Waals surface area (Å²) in [5.74, 6) is 0.754. The Kier molecular flexibility index (Phi) is 4.01. The number of hydrogen-bond acceptors (Lipinski definition) is 7. The molecule has 8 heteroatoms. The van der Waals surface area contributed by atoms with Gasteiger partial charge in [0.05, 0.1) is 11.0 Å². The normalized spacial score (nSPS) is 17.6. The van der Waals surface area contributed by atoms with Gasteiger partial charge in [0.15, 0.2) is 5.82 Å². The molecule has 1 N–H and O–H groups in total. The Balaban J connectivity index is 1.82. The van der Waals surface area contributed by atoms with Gasteiger partial charge in [0, 0.05) is 24.8 Å². The van der Waals surface area contributed by atoms with E-state index in [2.05, 4.69) is 15.5 Å². The summed E-state index contributed by atoms with van der Waals surface area (Å²) in [5, 5.41) is 18.1. The number of nitro groups is 1. The van der Waals surface area contributed by atoms with Crippen molar-refractivity contribution >= 4 is 11.4 Å². The molecule has 0 amide bonds. The monoisotopic (exact) mass is 304 g/mol. The Bertz CT molecular complexity index is 679. The fourth-order valence-corrected chi connectivity index (χ4v) is 2.41. The average molecular weight is 304 g/mol. The molecule has 1 fully saturated rings. The van der Waals surface area contributed by atoms with Gasteiger partial charge in [-0.05, 0) is 31.9 Å². The molecule has 1 aliphatic rings. The lowest BCUT2D eigenvalue weighted by molar-refractivity contribution is -0.383. The largest absolute Gasteiger partial charge is 0.377 e. The van der Waals surface area contributed by atoms with Gasteiger partial charge in [-0.2, -0.15) is 4.98 Å². The topological polar surface area (TPSA) is 103 Å². The minimum Gasteiger partial charge on any atom is -0.377 e. The van der Waals surface area contributed by atoms with Crippen LogP contribution in [0.3, 0.4) is 0 Å². The molecular formula is C14H16N4O4. The number of aromatic nitrogens is 2. The van der Waals surface area contributed by atoms with Crippen molar-refractivity contribution in [1.29, 1.82) is 0 Å². The molecule has 8 nitrogen and oxygen atoms in total. The fourth-order valence-electron chi connectivity index (χ4n) is 2.41. The lowest BCUT2D eigenvalue weighted by atomic mass is 10.1. The van der Waals surface area contributed by atoms with E-state index >= 15 is 0 Å². The average Bonchev–Trinajstić information content (AvgIpc) is 3.16. The number of aryl methyl sites for hydroxylation is 1. The van der Waals surface area contributed by atoms with Gasteiger partial charge in [-0.3, -0.25) is 10.1 Å². The van der Waals surface area contributed by atoms with Crippen molar-refractivity contribution in [2.24, 2.45) is 0 Å². The highest BCUT2D eigenvalue weighted by molar-refractivity contribution is 5.69. The van der Waals surface area contributed by atoms with Crippen LogP contribution >= 0.6 is 0 Å². The summed E-state index contributed by atoms with van der Waals surface area (Å²) in [6.07, 6.45) is 2.11. The number of nitrogens with one attached hydrogen (secondary N) is 1. The van der Waals surface area contributed by atoms with Gasteiger partial charge in [-0.25, -0.2) is 0 Å². The summed E-state index contributed by atoms with van der Waals surface area (Å²) < 4.78 is 10.5. The van der Waals surface area contributed by atoms with E-state index in [-0.39, 0.29) is 17.7 Å². The van der Waals surface area contributed by atoms with Crippen molar-refractivity contribution in [3.8, 4) is 11.5 Å². The number of ether oxygens (including phenoxy) is 1. The maximum Gasteiger partial charge on any atom is 0.293 e. The highest BCUT2D eigenvalue weighted by Crippen LogP contribution is 2.30. The Morgan fingerprint density at radius 2 is 2.36 bits per heavy atom. The third-order valence-electron chi connectivity index (χ3n) is 3.51. The lowest BCUT2D eigenvalue weighted by Crippen LogP contribution is -2.18. The van der Waals surface area contributed by atoms with E-state index in [9.17, 15) is 10.1 Å². The van der Waals surface area contributed by atoms with Crippen molar-refractivity contribution in [3.05, 3.63) is 34.1 Å². The second-order valence-corrected chi connectivity index (χ2v) is 5.15. The summed E-state index contributed by atoms with van der Waals surface area (Å²) >= 11 is 0. The molecule has 2 aromatic rings. The van der Waals surface area contributed by atoms with Gasteiger partial charge >= 0.3 is 0 Å². The molecule has 22 heavy (non-hydrogen) atoms. The number of nitrogens with zero attached hydrogens (tertiary/aromatic N) is 3. The molecule has 2 heterocycles. The summed E-state index contributed by atoms with van der Waals surface area (Å²) in [6.45, 7) is 3.00. The van der Waals surface area contributed by atoms with Crippen LogP contribution in [0.15, 0.2) is 22.7 Å². The van der Waals surface area contributed by atoms with E-state index in [4.69, 9.17) is 9.26 Å². The summed E-state index contributed by atoms with van der Waals surface area (Å²) in [4.78, 5) is 14.9. The first-order valence-electron chi connectivity index (χ1n) is 7.08. The molecule has 1 atom stereocenters. The Morgan fingerprint density at radius 3 is 3.00 bits per heavy atom. The number of nitro benzene ring substituents is 1. The summed E-state index contributed by atoms with van der Waals surface area (Å²) in [6, 6.07) is 4.81. The molecule has 0 aliphatic carbocycles. The van der Waals surface area contributed by atoms with Crippen molar-refractivity contribution < 1.29 is 14.2 Å². The highest BCUT2D eigenvalue weighted by Gasteiger charge is 2.20. The predicted molar refractivity (Wildman–Crippen MR) is 78.6 cm³/mol. The molecule has 1 saturated heterocycles. The molecule has 1 aromatic carbocycles. The van der Waals surface area contributed by atoms with Crippen LogP contribution in [0, 0.1) is 17.0 Å². The lowest BCUT2D eigenvalue weighted by Gasteiger charge is -2.12. The number of anilines is 1. The third kappa shape index (κ3) is 3.06. The van der Waals surface area contributed by atoms with Crippen LogP contribution in [0.2, 0.25) is 0 Å². The molecule has 0 spiro atoms. The van der Waals surface area contributed by atoms with Gasteiger partial charge in [-0.1, -0.05) is 5.16 Å². The number of hydrogen-bond donors (Lipinski definition) is 1. The van der Waals surface area contributed by atoms with Crippen LogP contribution < -0.4 is 5.32 Å². The van der Waals surface area contributed by atoms with Crippen LogP contribution in [0.5, 0.6) is 0 Å². The molecule has 116 valence electrons. The van der Waals surface area contributed by atoms with Crippen LogP contribution in [0.25, 0.3) is 11.5 Å². The third-order valence-corrected chi connectivity index (χ3v) is 3.51. The first kappa shape index (κ1) is 14.5.